The Labute approximate surface area is 152 Å². The van der Waals surface area contributed by atoms with Crippen LogP contribution in [0, 0.1) is 23.7 Å². The molecule has 5 aliphatic rings. The van der Waals surface area contributed by atoms with Gasteiger partial charge in [0.15, 0.2) is 5.78 Å². The quantitative estimate of drug-likeness (QED) is 0.592. The minimum Gasteiger partial charge on any atom is -0.390 e. The van der Waals surface area contributed by atoms with Crippen molar-refractivity contribution < 1.29 is 24.2 Å². The molecule has 26 heavy (non-hydrogen) atoms. The maximum atomic E-state index is 13.3. The van der Waals surface area contributed by atoms with Gasteiger partial charge in [-0.15, -0.1) is 0 Å². The molecule has 2 saturated carbocycles. The standard InChI is InChI=1S/C20H25NO5/c1-9(10-5-3-2-4-6-10)21-19(24)12-8-7-11-13(14(12)20(21)25)16(23)18-17(26-18)15(11)22/h7,9-10,12-14,16-18,23H,2-6,8H2,1H3/t9-,12-,13+,14-,16+,17-,18+/m1/s1. The van der Waals surface area contributed by atoms with Gasteiger partial charge in [-0.25, -0.2) is 0 Å². The van der Waals surface area contributed by atoms with E-state index >= 15 is 0 Å². The Balaban J connectivity index is 1.45. The summed E-state index contributed by atoms with van der Waals surface area (Å²) in [5.41, 5.74) is 0.505. The Hall–Kier alpha value is -1.53. The molecule has 0 radical (unpaired) electrons. The highest BCUT2D eigenvalue weighted by Gasteiger charge is 2.65. The number of Topliss-reactive ketones (excluding diaryl/α,β-unsaturated/α-hetero) is 1. The summed E-state index contributed by atoms with van der Waals surface area (Å²) >= 11 is 0. The van der Waals surface area contributed by atoms with Crippen molar-refractivity contribution >= 4 is 17.6 Å². The molecule has 5 rings (SSSR count). The van der Waals surface area contributed by atoms with E-state index in [1.807, 2.05) is 6.92 Å². The van der Waals surface area contributed by atoms with Crippen molar-refractivity contribution in [3.8, 4) is 0 Å². The van der Waals surface area contributed by atoms with Crippen LogP contribution in [0.5, 0.6) is 0 Å². The van der Waals surface area contributed by atoms with Crippen molar-refractivity contribution in [1.29, 1.82) is 0 Å². The zero-order chi connectivity index (χ0) is 18.2. The lowest BCUT2D eigenvalue weighted by Gasteiger charge is -2.36. The predicted molar refractivity (Wildman–Crippen MR) is 90.7 cm³/mol. The van der Waals surface area contributed by atoms with Crippen molar-refractivity contribution in [2.75, 3.05) is 0 Å². The SMILES string of the molecule is C[C@H](C1CCCCC1)N1C(=O)[C@H]2[C@@H]3C(=CC[C@H]2C1=O)C(=O)[C@H]1O[C@H]1[C@H]3O. The van der Waals surface area contributed by atoms with E-state index in [2.05, 4.69) is 0 Å². The molecule has 0 spiro atoms. The van der Waals surface area contributed by atoms with Crippen molar-refractivity contribution in [3.05, 3.63) is 11.6 Å². The lowest BCUT2D eigenvalue weighted by Crippen LogP contribution is -2.48. The summed E-state index contributed by atoms with van der Waals surface area (Å²) in [7, 11) is 0. The first kappa shape index (κ1) is 16.6. The fourth-order valence-electron chi connectivity index (χ4n) is 5.86. The number of imide groups is 1. The molecule has 6 nitrogen and oxygen atoms in total. The number of epoxide rings is 1. The molecule has 2 heterocycles. The van der Waals surface area contributed by atoms with Crippen molar-refractivity contribution in [2.24, 2.45) is 23.7 Å². The first-order valence-corrected chi connectivity index (χ1v) is 9.95. The van der Waals surface area contributed by atoms with Crippen LogP contribution in [0.25, 0.3) is 0 Å². The van der Waals surface area contributed by atoms with Gasteiger partial charge in [-0.1, -0.05) is 25.3 Å². The molecule has 1 N–H and O–H groups in total. The second-order valence-corrected chi connectivity index (χ2v) is 8.61. The molecule has 7 atom stereocenters. The van der Waals surface area contributed by atoms with Crippen LogP contribution >= 0.6 is 0 Å². The third kappa shape index (κ3) is 2.15. The maximum absolute atomic E-state index is 13.3. The molecule has 2 aliphatic heterocycles. The summed E-state index contributed by atoms with van der Waals surface area (Å²) in [6, 6.07) is -0.106. The topological polar surface area (TPSA) is 87.2 Å². The summed E-state index contributed by atoms with van der Waals surface area (Å²) in [5, 5.41) is 10.7. The van der Waals surface area contributed by atoms with E-state index < -0.39 is 36.1 Å². The number of fused-ring (bicyclic) bond motifs is 4. The molecule has 140 valence electrons. The summed E-state index contributed by atoms with van der Waals surface area (Å²) in [6.07, 6.45) is 5.89. The number of likely N-dealkylation sites (tertiary alicyclic amines) is 1. The van der Waals surface area contributed by atoms with Gasteiger partial charge in [0.25, 0.3) is 0 Å². The lowest BCUT2D eigenvalue weighted by atomic mass is 9.66. The van der Waals surface area contributed by atoms with Gasteiger partial charge < -0.3 is 9.84 Å². The van der Waals surface area contributed by atoms with E-state index in [9.17, 15) is 19.5 Å². The molecule has 0 aromatic rings. The minimum absolute atomic E-state index is 0.106. The van der Waals surface area contributed by atoms with Crippen LogP contribution in [0.2, 0.25) is 0 Å². The fraction of sp³-hybridized carbons (Fsp3) is 0.750. The number of amides is 2. The number of carbonyl (C=O) groups is 3. The summed E-state index contributed by atoms with van der Waals surface area (Å²) in [6.45, 7) is 1.99. The van der Waals surface area contributed by atoms with Gasteiger partial charge in [-0.05, 0) is 32.1 Å². The molecule has 0 aromatic heterocycles. The van der Waals surface area contributed by atoms with E-state index in [0.29, 0.717) is 17.9 Å². The normalized spacial score (nSPS) is 43.5. The Morgan fingerprint density at radius 1 is 1.12 bits per heavy atom. The van der Waals surface area contributed by atoms with Crippen LogP contribution in [-0.2, 0) is 19.1 Å². The Kier molecular flexibility index (Phi) is 3.67. The molecule has 6 heteroatoms. The van der Waals surface area contributed by atoms with Crippen LogP contribution in [0.3, 0.4) is 0 Å². The Morgan fingerprint density at radius 2 is 1.85 bits per heavy atom. The Morgan fingerprint density at radius 3 is 2.58 bits per heavy atom. The van der Waals surface area contributed by atoms with Gasteiger partial charge in [0.05, 0.1) is 17.9 Å². The van der Waals surface area contributed by atoms with Crippen LogP contribution in [0.4, 0.5) is 0 Å². The summed E-state index contributed by atoms with van der Waals surface area (Å²) in [5.74, 6) is -1.71. The molecule has 0 aromatic carbocycles. The van der Waals surface area contributed by atoms with Crippen LogP contribution < -0.4 is 0 Å². The van der Waals surface area contributed by atoms with Gasteiger partial charge in [-0.2, -0.15) is 0 Å². The van der Waals surface area contributed by atoms with Crippen LogP contribution in [0.15, 0.2) is 11.6 Å². The van der Waals surface area contributed by atoms with Crippen molar-refractivity contribution in [3.63, 3.8) is 0 Å². The molecular formula is C20H25NO5. The lowest BCUT2D eigenvalue weighted by molar-refractivity contribution is -0.144. The van der Waals surface area contributed by atoms with Crippen molar-refractivity contribution in [1.82, 2.24) is 4.90 Å². The minimum atomic E-state index is -0.876. The average molecular weight is 359 g/mol. The zero-order valence-corrected chi connectivity index (χ0v) is 15.0. The number of aliphatic hydroxyl groups excluding tert-OH is 1. The largest absolute Gasteiger partial charge is 0.390 e. The van der Waals surface area contributed by atoms with Crippen LogP contribution in [-0.4, -0.2) is 52.0 Å². The fourth-order valence-corrected chi connectivity index (χ4v) is 5.86. The second kappa shape index (κ2) is 5.73. The highest BCUT2D eigenvalue weighted by Crippen LogP contribution is 2.51. The molecule has 3 aliphatic carbocycles. The number of ketones is 1. The number of hydrogen-bond donors (Lipinski definition) is 1. The third-order valence-electron chi connectivity index (χ3n) is 7.36. The van der Waals surface area contributed by atoms with Crippen LogP contribution in [0.1, 0.15) is 45.4 Å². The molecule has 0 bridgehead atoms. The van der Waals surface area contributed by atoms with E-state index in [-0.39, 0.29) is 23.6 Å². The average Bonchev–Trinajstić information content (AvgIpc) is 3.42. The van der Waals surface area contributed by atoms with Gasteiger partial charge in [-0.3, -0.25) is 19.3 Å². The molecule has 4 fully saturated rings. The van der Waals surface area contributed by atoms with E-state index in [4.69, 9.17) is 4.74 Å². The van der Waals surface area contributed by atoms with Gasteiger partial charge in [0.1, 0.15) is 12.2 Å². The molecule has 0 unspecified atom stereocenters. The number of nitrogens with zero attached hydrogens (tertiary/aromatic N) is 1. The number of ether oxygens (including phenoxy) is 1. The summed E-state index contributed by atoms with van der Waals surface area (Å²) in [4.78, 5) is 40.3. The van der Waals surface area contributed by atoms with Crippen molar-refractivity contribution in [2.45, 2.75) is 69.8 Å². The highest BCUT2D eigenvalue weighted by atomic mass is 16.6. The monoisotopic (exact) mass is 359 g/mol. The van der Waals surface area contributed by atoms with E-state index in [1.54, 1.807) is 6.08 Å². The number of allylic oxidation sites excluding steroid dienone is 1. The number of hydrogen-bond acceptors (Lipinski definition) is 5. The summed E-state index contributed by atoms with van der Waals surface area (Å²) < 4.78 is 5.32. The number of aliphatic hydroxyl groups is 1. The van der Waals surface area contributed by atoms with Gasteiger partial charge in [0, 0.05) is 17.5 Å². The molecular weight excluding hydrogens is 334 g/mol. The number of rotatable bonds is 2. The second-order valence-electron chi connectivity index (χ2n) is 8.61. The maximum Gasteiger partial charge on any atom is 0.234 e. The highest BCUT2D eigenvalue weighted by molar-refractivity contribution is 6.09. The predicted octanol–water partition coefficient (Wildman–Crippen LogP) is 1.21. The first-order chi connectivity index (χ1) is 12.5. The number of carbonyl (C=O) groups excluding carboxylic acids is 3. The Bertz CT molecular complexity index is 709. The van der Waals surface area contributed by atoms with Gasteiger partial charge >= 0.3 is 0 Å². The smallest absolute Gasteiger partial charge is 0.234 e. The van der Waals surface area contributed by atoms with Gasteiger partial charge in [0.2, 0.25) is 11.8 Å². The first-order valence-electron chi connectivity index (χ1n) is 9.95. The third-order valence-corrected chi connectivity index (χ3v) is 7.36. The van der Waals surface area contributed by atoms with E-state index in [1.165, 1.54) is 11.3 Å². The zero-order valence-electron chi connectivity index (χ0n) is 15.0. The molecule has 2 saturated heterocycles. The van der Waals surface area contributed by atoms with E-state index in [0.717, 1.165) is 25.7 Å². The molecule has 2 amide bonds.